The highest BCUT2D eigenvalue weighted by Crippen LogP contribution is 2.45. The Morgan fingerprint density at radius 3 is 1.91 bits per heavy atom. The molecule has 1 saturated carbocycles. The number of carboxylic acids is 1. The first-order chi connectivity index (χ1) is 22.5. The molecule has 1 heterocycles. The number of hydrogen-bond donors (Lipinski definition) is 2. The molecule has 9 heteroatoms. The SMILES string of the molecule is Cc1ccccc1[C@@H]1C[C@H](NCc2ccc(Cl)cc2)CC[C@H]1C(=O)N1CC(c2ccccc2)(c2ccccc2)C1.O=C(O)C(F)(F)F. The third kappa shape index (κ3) is 8.06. The van der Waals surface area contributed by atoms with Gasteiger partial charge >= 0.3 is 12.1 Å². The lowest BCUT2D eigenvalue weighted by atomic mass is 9.66. The molecule has 2 fully saturated rings. The van der Waals surface area contributed by atoms with Gasteiger partial charge < -0.3 is 15.3 Å². The zero-order chi connectivity index (χ0) is 33.6. The van der Waals surface area contributed by atoms with Crippen LogP contribution in [0.5, 0.6) is 0 Å². The molecule has 1 aliphatic carbocycles. The summed E-state index contributed by atoms with van der Waals surface area (Å²) in [6.07, 6.45) is -2.22. The van der Waals surface area contributed by atoms with Gasteiger partial charge in [-0.25, -0.2) is 4.79 Å². The van der Waals surface area contributed by atoms with Gasteiger partial charge in [-0.05, 0) is 72.1 Å². The number of nitrogens with zero attached hydrogens (tertiary/aromatic N) is 1. The van der Waals surface area contributed by atoms with Crippen molar-refractivity contribution in [2.24, 2.45) is 5.92 Å². The lowest BCUT2D eigenvalue weighted by Crippen LogP contribution is -2.63. The number of halogens is 4. The number of carboxylic acid groups (broad SMARTS) is 1. The summed E-state index contributed by atoms with van der Waals surface area (Å²) < 4.78 is 31.7. The summed E-state index contributed by atoms with van der Waals surface area (Å²) >= 11 is 6.08. The number of likely N-dealkylation sites (tertiary alicyclic amines) is 1. The summed E-state index contributed by atoms with van der Waals surface area (Å²) in [5.74, 6) is -2.24. The molecule has 0 aromatic heterocycles. The molecule has 1 aliphatic heterocycles. The highest BCUT2D eigenvalue weighted by Gasteiger charge is 2.50. The molecule has 2 N–H and O–H groups in total. The predicted octanol–water partition coefficient (Wildman–Crippen LogP) is 8.15. The molecule has 2 aliphatic rings. The Balaban J connectivity index is 0.000000559. The Morgan fingerprint density at radius 1 is 0.851 bits per heavy atom. The van der Waals surface area contributed by atoms with Crippen LogP contribution in [0, 0.1) is 12.8 Å². The smallest absolute Gasteiger partial charge is 0.475 e. The number of aryl methyl sites for hydroxylation is 1. The van der Waals surface area contributed by atoms with E-state index in [9.17, 15) is 18.0 Å². The largest absolute Gasteiger partial charge is 0.490 e. The summed E-state index contributed by atoms with van der Waals surface area (Å²) in [5, 5.41) is 11.7. The minimum Gasteiger partial charge on any atom is -0.475 e. The van der Waals surface area contributed by atoms with E-state index in [-0.39, 0.29) is 17.3 Å². The average molecular weight is 663 g/mol. The third-order valence-electron chi connectivity index (χ3n) is 9.39. The van der Waals surface area contributed by atoms with E-state index < -0.39 is 12.1 Å². The van der Waals surface area contributed by atoms with Crippen molar-refractivity contribution in [3.05, 3.63) is 142 Å². The number of nitrogens with one attached hydrogen (secondary N) is 1. The highest BCUT2D eigenvalue weighted by atomic mass is 35.5. The van der Waals surface area contributed by atoms with Crippen LogP contribution in [-0.2, 0) is 21.5 Å². The fourth-order valence-electron chi connectivity index (χ4n) is 6.90. The van der Waals surface area contributed by atoms with Gasteiger partial charge in [0.25, 0.3) is 0 Å². The number of alkyl halides is 3. The van der Waals surface area contributed by atoms with Crippen LogP contribution in [0.3, 0.4) is 0 Å². The molecule has 47 heavy (non-hydrogen) atoms. The number of amides is 1. The first kappa shape index (κ1) is 34.2. The second-order valence-corrected chi connectivity index (χ2v) is 12.8. The number of rotatable bonds is 7. The van der Waals surface area contributed by atoms with Crippen LogP contribution >= 0.6 is 11.6 Å². The molecule has 4 aromatic carbocycles. The maximum absolute atomic E-state index is 14.2. The van der Waals surface area contributed by atoms with E-state index in [4.69, 9.17) is 21.5 Å². The predicted molar refractivity (Wildman–Crippen MR) is 177 cm³/mol. The van der Waals surface area contributed by atoms with E-state index in [1.165, 1.54) is 27.8 Å². The number of aliphatic carboxylic acids is 1. The third-order valence-corrected chi connectivity index (χ3v) is 9.64. The Bertz CT molecular complexity index is 1600. The van der Waals surface area contributed by atoms with Crippen LogP contribution in [-0.4, -0.2) is 47.2 Å². The lowest BCUT2D eigenvalue weighted by Gasteiger charge is -2.53. The molecule has 0 unspecified atom stereocenters. The first-order valence-corrected chi connectivity index (χ1v) is 16.1. The number of hydrogen-bond acceptors (Lipinski definition) is 3. The zero-order valence-electron chi connectivity index (χ0n) is 26.1. The van der Waals surface area contributed by atoms with Crippen molar-refractivity contribution < 1.29 is 27.9 Å². The van der Waals surface area contributed by atoms with Gasteiger partial charge in [0, 0.05) is 36.6 Å². The Kier molecular flexibility index (Phi) is 10.7. The van der Waals surface area contributed by atoms with E-state index >= 15 is 0 Å². The van der Waals surface area contributed by atoms with Crippen molar-refractivity contribution in [3.8, 4) is 0 Å². The number of benzene rings is 4. The van der Waals surface area contributed by atoms with Crippen LogP contribution < -0.4 is 5.32 Å². The molecule has 0 spiro atoms. The van der Waals surface area contributed by atoms with Crippen molar-refractivity contribution in [2.45, 2.75) is 56.3 Å². The van der Waals surface area contributed by atoms with Gasteiger partial charge in [0.05, 0.1) is 5.41 Å². The quantitative estimate of drug-likeness (QED) is 0.210. The second kappa shape index (κ2) is 14.7. The highest BCUT2D eigenvalue weighted by molar-refractivity contribution is 6.30. The van der Waals surface area contributed by atoms with Gasteiger partial charge in [-0.1, -0.05) is 109 Å². The summed E-state index contributed by atoms with van der Waals surface area (Å²) in [7, 11) is 0. The topological polar surface area (TPSA) is 69.6 Å². The summed E-state index contributed by atoms with van der Waals surface area (Å²) in [6.45, 7) is 4.45. The van der Waals surface area contributed by atoms with Gasteiger partial charge in [0.2, 0.25) is 5.91 Å². The molecular weight excluding hydrogens is 625 g/mol. The molecule has 1 amide bonds. The standard InChI is InChI=1S/C36H37ClN2O.C2HF3O2/c1-26-10-8-9-15-32(26)34-22-31(38-23-27-16-18-30(37)19-17-27)20-21-33(34)35(40)39-24-36(25-39,28-11-4-2-5-12-28)29-13-6-3-7-14-29;3-2(4,5)1(6)7/h2-19,31,33-34,38H,20-25H2,1H3;(H,6,7)/t31-,33-,34+;/m1./s1. The number of carbonyl (C=O) groups excluding carboxylic acids is 1. The molecule has 3 atom stereocenters. The van der Waals surface area contributed by atoms with Crippen molar-refractivity contribution in [1.82, 2.24) is 10.2 Å². The van der Waals surface area contributed by atoms with Gasteiger partial charge in [-0.2, -0.15) is 13.2 Å². The van der Waals surface area contributed by atoms with Gasteiger partial charge in [0.15, 0.2) is 0 Å². The zero-order valence-corrected chi connectivity index (χ0v) is 26.8. The molecule has 1 saturated heterocycles. The molecule has 4 aromatic rings. The van der Waals surface area contributed by atoms with Crippen molar-refractivity contribution in [1.29, 1.82) is 0 Å². The molecular formula is C38H38ClF3N2O3. The van der Waals surface area contributed by atoms with E-state index in [0.717, 1.165) is 43.9 Å². The van der Waals surface area contributed by atoms with E-state index in [2.05, 4.69) is 114 Å². The van der Waals surface area contributed by atoms with E-state index in [1.54, 1.807) is 0 Å². The molecule has 246 valence electrons. The molecule has 0 bridgehead atoms. The number of carbonyl (C=O) groups is 2. The fraction of sp³-hybridized carbons (Fsp3) is 0.316. The summed E-state index contributed by atoms with van der Waals surface area (Å²) in [4.78, 5) is 25.3. The van der Waals surface area contributed by atoms with Crippen LogP contribution in [0.2, 0.25) is 5.02 Å². The van der Waals surface area contributed by atoms with Crippen LogP contribution in [0.25, 0.3) is 0 Å². The normalized spacial score (nSPS) is 20.4. The summed E-state index contributed by atoms with van der Waals surface area (Å²) in [5.41, 5.74) is 6.25. The maximum Gasteiger partial charge on any atom is 0.490 e. The maximum atomic E-state index is 14.2. The monoisotopic (exact) mass is 662 g/mol. The Hall–Kier alpha value is -4.14. The van der Waals surface area contributed by atoms with Crippen molar-refractivity contribution in [2.75, 3.05) is 13.1 Å². The van der Waals surface area contributed by atoms with E-state index in [0.29, 0.717) is 11.9 Å². The van der Waals surface area contributed by atoms with E-state index in [1.807, 2.05) is 12.1 Å². The van der Waals surface area contributed by atoms with Crippen LogP contribution in [0.1, 0.15) is 53.0 Å². The minimum absolute atomic E-state index is 0.000714. The summed E-state index contributed by atoms with van der Waals surface area (Å²) in [6, 6.07) is 38.5. The second-order valence-electron chi connectivity index (χ2n) is 12.4. The average Bonchev–Trinajstić information content (AvgIpc) is 3.05. The van der Waals surface area contributed by atoms with Crippen LogP contribution in [0.15, 0.2) is 109 Å². The Morgan fingerprint density at radius 2 is 1.38 bits per heavy atom. The lowest BCUT2D eigenvalue weighted by molar-refractivity contribution is -0.192. The molecule has 6 rings (SSSR count). The van der Waals surface area contributed by atoms with Gasteiger partial charge in [-0.15, -0.1) is 0 Å². The molecule has 5 nitrogen and oxygen atoms in total. The molecule has 0 radical (unpaired) electrons. The fourth-order valence-corrected chi connectivity index (χ4v) is 7.03. The van der Waals surface area contributed by atoms with Gasteiger partial charge in [-0.3, -0.25) is 4.79 Å². The Labute approximate surface area is 278 Å². The van der Waals surface area contributed by atoms with Gasteiger partial charge in [0.1, 0.15) is 0 Å². The minimum atomic E-state index is -5.08. The van der Waals surface area contributed by atoms with Crippen molar-refractivity contribution in [3.63, 3.8) is 0 Å². The van der Waals surface area contributed by atoms with Crippen LogP contribution in [0.4, 0.5) is 13.2 Å². The van der Waals surface area contributed by atoms with Crippen molar-refractivity contribution >= 4 is 23.5 Å². The first-order valence-electron chi connectivity index (χ1n) is 15.7.